The maximum absolute atomic E-state index is 11.7. The number of hydrogen-bond donors (Lipinski definition) is 1. The van der Waals surface area contributed by atoms with E-state index >= 15 is 0 Å². The van der Waals surface area contributed by atoms with E-state index in [4.69, 9.17) is 4.74 Å². The predicted octanol–water partition coefficient (Wildman–Crippen LogP) is 1.75. The Labute approximate surface area is 94.0 Å². The summed E-state index contributed by atoms with van der Waals surface area (Å²) in [6.45, 7) is 5.32. The zero-order valence-corrected chi connectivity index (χ0v) is 9.90. The number of anilines is 1. The molecule has 88 valence electrons. The predicted molar refractivity (Wildman–Crippen MR) is 61.7 cm³/mol. The van der Waals surface area contributed by atoms with Gasteiger partial charge in [-0.3, -0.25) is 9.69 Å². The molecule has 0 atom stereocenters. The smallest absolute Gasteiger partial charge is 0.414 e. The van der Waals surface area contributed by atoms with Gasteiger partial charge in [-0.05, 0) is 32.9 Å². The first-order valence-electron chi connectivity index (χ1n) is 4.95. The van der Waals surface area contributed by atoms with Gasteiger partial charge in [0.2, 0.25) is 0 Å². The number of hydrogen-bond acceptors (Lipinski definition) is 3. The molecule has 0 aliphatic rings. The number of nitrogens with zero attached hydrogens (tertiary/aromatic N) is 1. The van der Waals surface area contributed by atoms with Crippen molar-refractivity contribution in [2.45, 2.75) is 26.4 Å². The summed E-state index contributed by atoms with van der Waals surface area (Å²) < 4.78 is 5.14. The number of H-pyrrole nitrogens is 1. The fourth-order valence-corrected chi connectivity index (χ4v) is 1.11. The van der Waals surface area contributed by atoms with E-state index in [1.165, 1.54) is 18.1 Å². The molecule has 0 aliphatic heterocycles. The van der Waals surface area contributed by atoms with Crippen LogP contribution in [0.5, 0.6) is 0 Å². The van der Waals surface area contributed by atoms with Crippen molar-refractivity contribution in [2.24, 2.45) is 0 Å². The van der Waals surface area contributed by atoms with Crippen molar-refractivity contribution in [2.75, 3.05) is 11.9 Å². The lowest BCUT2D eigenvalue weighted by Crippen LogP contribution is -2.36. The van der Waals surface area contributed by atoms with E-state index in [9.17, 15) is 9.59 Å². The summed E-state index contributed by atoms with van der Waals surface area (Å²) in [6, 6.07) is 3.21. The Morgan fingerprint density at radius 3 is 2.56 bits per heavy atom. The monoisotopic (exact) mass is 224 g/mol. The molecule has 1 aromatic rings. The van der Waals surface area contributed by atoms with Crippen molar-refractivity contribution in [3.63, 3.8) is 0 Å². The molecule has 0 saturated carbocycles. The molecule has 16 heavy (non-hydrogen) atoms. The molecule has 0 unspecified atom stereocenters. The zero-order chi connectivity index (χ0) is 12.3. The molecule has 0 spiro atoms. The lowest BCUT2D eigenvalue weighted by atomic mass is 10.2. The van der Waals surface area contributed by atoms with E-state index in [1.807, 2.05) is 0 Å². The van der Waals surface area contributed by atoms with Gasteiger partial charge in [0.15, 0.2) is 0 Å². The number of aromatic nitrogens is 1. The maximum atomic E-state index is 11.7. The van der Waals surface area contributed by atoms with Gasteiger partial charge in [0.25, 0.3) is 5.56 Å². The highest BCUT2D eigenvalue weighted by atomic mass is 16.6. The van der Waals surface area contributed by atoms with Gasteiger partial charge in [-0.2, -0.15) is 0 Å². The van der Waals surface area contributed by atoms with Gasteiger partial charge >= 0.3 is 6.09 Å². The summed E-state index contributed by atoms with van der Waals surface area (Å²) in [7, 11) is 1.50. The average molecular weight is 224 g/mol. The maximum Gasteiger partial charge on any atom is 0.414 e. The van der Waals surface area contributed by atoms with Gasteiger partial charge in [0.1, 0.15) is 11.3 Å². The van der Waals surface area contributed by atoms with Crippen LogP contribution in [0.4, 0.5) is 10.5 Å². The lowest BCUT2D eigenvalue weighted by Gasteiger charge is -2.24. The van der Waals surface area contributed by atoms with E-state index in [-0.39, 0.29) is 11.2 Å². The Kier molecular flexibility index (Phi) is 3.37. The second-order valence-electron chi connectivity index (χ2n) is 4.42. The first-order chi connectivity index (χ1) is 7.31. The van der Waals surface area contributed by atoms with Crippen LogP contribution >= 0.6 is 0 Å². The first-order valence-corrected chi connectivity index (χ1v) is 4.95. The Balaban J connectivity index is 2.87. The van der Waals surface area contributed by atoms with Gasteiger partial charge in [-0.25, -0.2) is 4.79 Å². The van der Waals surface area contributed by atoms with Gasteiger partial charge < -0.3 is 9.72 Å². The molecule has 1 amide bonds. The molecule has 0 radical (unpaired) electrons. The van der Waals surface area contributed by atoms with Crippen molar-refractivity contribution in [1.82, 2.24) is 4.98 Å². The number of rotatable bonds is 1. The van der Waals surface area contributed by atoms with Crippen molar-refractivity contribution in [3.8, 4) is 0 Å². The summed E-state index contributed by atoms with van der Waals surface area (Å²) in [5.74, 6) is 0. The lowest BCUT2D eigenvalue weighted by molar-refractivity contribution is 0.0589. The number of carbonyl (C=O) groups excluding carboxylic acids is 1. The van der Waals surface area contributed by atoms with E-state index in [2.05, 4.69) is 4.98 Å². The van der Waals surface area contributed by atoms with Crippen molar-refractivity contribution in [3.05, 3.63) is 28.7 Å². The molecular formula is C11H16N2O3. The molecule has 1 aromatic heterocycles. The highest BCUT2D eigenvalue weighted by molar-refractivity contribution is 5.86. The third kappa shape index (κ3) is 3.12. The Morgan fingerprint density at radius 2 is 2.06 bits per heavy atom. The highest BCUT2D eigenvalue weighted by Gasteiger charge is 2.21. The van der Waals surface area contributed by atoms with Crippen LogP contribution in [-0.2, 0) is 4.74 Å². The molecule has 0 bridgehead atoms. The van der Waals surface area contributed by atoms with Crippen LogP contribution in [0.15, 0.2) is 23.1 Å². The van der Waals surface area contributed by atoms with E-state index in [0.29, 0.717) is 0 Å². The summed E-state index contributed by atoms with van der Waals surface area (Å²) in [6.07, 6.45) is 0.957. The largest absolute Gasteiger partial charge is 0.443 e. The summed E-state index contributed by atoms with van der Waals surface area (Å²) in [4.78, 5) is 26.8. The van der Waals surface area contributed by atoms with Gasteiger partial charge in [-0.15, -0.1) is 0 Å². The second kappa shape index (κ2) is 4.38. The van der Waals surface area contributed by atoms with Crippen LogP contribution in [0.25, 0.3) is 0 Å². The van der Waals surface area contributed by atoms with Crippen LogP contribution in [0.2, 0.25) is 0 Å². The number of nitrogens with one attached hydrogen (secondary N) is 1. The van der Waals surface area contributed by atoms with Crippen molar-refractivity contribution < 1.29 is 9.53 Å². The average Bonchev–Trinajstić information content (AvgIpc) is 2.15. The number of carbonyl (C=O) groups is 1. The minimum atomic E-state index is -0.577. The molecule has 1 heterocycles. The van der Waals surface area contributed by atoms with Crippen LogP contribution in [0.3, 0.4) is 0 Å². The first kappa shape index (κ1) is 12.3. The second-order valence-corrected chi connectivity index (χ2v) is 4.42. The SMILES string of the molecule is CN(C(=O)OC(C)(C)C)c1ccc[nH]c1=O. The topological polar surface area (TPSA) is 62.4 Å². The van der Waals surface area contributed by atoms with E-state index in [1.54, 1.807) is 32.9 Å². The fourth-order valence-electron chi connectivity index (χ4n) is 1.11. The summed E-state index contributed by atoms with van der Waals surface area (Å²) >= 11 is 0. The summed E-state index contributed by atoms with van der Waals surface area (Å²) in [5, 5.41) is 0. The molecule has 0 fully saturated rings. The molecule has 5 nitrogen and oxygen atoms in total. The molecule has 1 N–H and O–H groups in total. The van der Waals surface area contributed by atoms with Gasteiger partial charge in [-0.1, -0.05) is 0 Å². The molecule has 0 aliphatic carbocycles. The third-order valence-corrected chi connectivity index (χ3v) is 1.83. The molecular weight excluding hydrogens is 208 g/mol. The van der Waals surface area contributed by atoms with Crippen LogP contribution in [0, 0.1) is 0 Å². The molecule has 0 saturated heterocycles. The standard InChI is InChI=1S/C11H16N2O3/c1-11(2,3)16-10(15)13(4)8-6-5-7-12-9(8)14/h5-7H,1-4H3,(H,12,14). The number of amides is 1. The Morgan fingerprint density at radius 1 is 1.44 bits per heavy atom. The highest BCUT2D eigenvalue weighted by Crippen LogP contribution is 2.12. The van der Waals surface area contributed by atoms with E-state index in [0.717, 1.165) is 0 Å². The number of pyridine rings is 1. The normalized spacial score (nSPS) is 11.0. The van der Waals surface area contributed by atoms with Crippen molar-refractivity contribution in [1.29, 1.82) is 0 Å². The quantitative estimate of drug-likeness (QED) is 0.790. The van der Waals surface area contributed by atoms with Crippen LogP contribution in [-0.4, -0.2) is 23.7 Å². The Bertz CT molecular complexity index is 431. The fraction of sp³-hybridized carbons (Fsp3) is 0.455. The summed E-state index contributed by atoms with van der Waals surface area (Å²) in [5.41, 5.74) is -0.639. The molecule has 1 rings (SSSR count). The van der Waals surface area contributed by atoms with E-state index < -0.39 is 11.7 Å². The molecule has 0 aromatic carbocycles. The number of ether oxygens (including phenoxy) is 1. The van der Waals surface area contributed by atoms with Crippen LogP contribution in [0.1, 0.15) is 20.8 Å². The van der Waals surface area contributed by atoms with Gasteiger partial charge in [0, 0.05) is 13.2 Å². The van der Waals surface area contributed by atoms with Crippen molar-refractivity contribution >= 4 is 11.8 Å². The van der Waals surface area contributed by atoms with Gasteiger partial charge in [0.05, 0.1) is 0 Å². The zero-order valence-electron chi connectivity index (χ0n) is 9.90. The van der Waals surface area contributed by atoms with Crippen LogP contribution < -0.4 is 10.5 Å². The minimum absolute atomic E-state index is 0.261. The third-order valence-electron chi connectivity index (χ3n) is 1.83. The minimum Gasteiger partial charge on any atom is -0.443 e. The molecule has 5 heteroatoms. The Hall–Kier alpha value is -1.78. The number of aromatic amines is 1.